The molecule has 2 amide bonds. The van der Waals surface area contributed by atoms with Gasteiger partial charge in [-0.15, -0.1) is 11.3 Å². The summed E-state index contributed by atoms with van der Waals surface area (Å²) in [4.78, 5) is 37.4. The number of carbonyl (C=O) groups excluding carboxylic acids is 2. The molecule has 8 nitrogen and oxygen atoms in total. The molecule has 4 rings (SSSR count). The third-order valence-electron chi connectivity index (χ3n) is 6.53. The van der Waals surface area contributed by atoms with Gasteiger partial charge in [-0.05, 0) is 37.3 Å². The lowest BCUT2D eigenvalue weighted by Crippen LogP contribution is -2.52. The van der Waals surface area contributed by atoms with Crippen LogP contribution in [0.5, 0.6) is 0 Å². The first-order valence-electron chi connectivity index (χ1n) is 12.0. The van der Waals surface area contributed by atoms with Crippen LogP contribution in [0, 0.1) is 11.3 Å². The summed E-state index contributed by atoms with van der Waals surface area (Å²) in [7, 11) is 0. The molecule has 0 unspecified atom stereocenters. The Hall–Kier alpha value is -2.26. The van der Waals surface area contributed by atoms with E-state index in [1.54, 1.807) is 11.3 Å². The summed E-state index contributed by atoms with van der Waals surface area (Å²) in [6.45, 7) is 11.6. The van der Waals surface area contributed by atoms with Crippen molar-refractivity contribution in [3.05, 3.63) is 23.4 Å². The van der Waals surface area contributed by atoms with E-state index in [0.29, 0.717) is 24.8 Å². The lowest BCUT2D eigenvalue weighted by molar-refractivity contribution is -0.145. The molecule has 0 N–H and O–H groups in total. The predicted molar refractivity (Wildman–Crippen MR) is 128 cm³/mol. The SMILES string of the molecule is CC(C)(C)C(=O)N1CCC(C(=O)N2CCN(CCCc3nc(-c4cccs4)no3)CC2)CC1. The van der Waals surface area contributed by atoms with Crippen molar-refractivity contribution in [2.75, 3.05) is 45.8 Å². The number of aromatic nitrogens is 2. The standard InChI is InChI=1S/C24H35N5O3S/c1-24(2,3)23(31)29-11-8-18(9-12-29)22(30)28-15-13-27(14-16-28)10-4-7-20-25-21(26-32-20)19-6-5-17-33-19/h5-6,17-18H,4,7-16H2,1-3H3. The van der Waals surface area contributed by atoms with Crippen LogP contribution < -0.4 is 0 Å². The van der Waals surface area contributed by atoms with Crippen molar-refractivity contribution in [2.24, 2.45) is 11.3 Å². The number of rotatable bonds is 6. The monoisotopic (exact) mass is 473 g/mol. The average molecular weight is 474 g/mol. The smallest absolute Gasteiger partial charge is 0.227 e. The molecule has 4 heterocycles. The fourth-order valence-corrected chi connectivity index (χ4v) is 5.22. The second-order valence-electron chi connectivity index (χ2n) is 10.1. The lowest BCUT2D eigenvalue weighted by Gasteiger charge is -2.39. The zero-order valence-corrected chi connectivity index (χ0v) is 20.8. The third-order valence-corrected chi connectivity index (χ3v) is 7.40. The number of likely N-dealkylation sites (tertiary alicyclic amines) is 1. The molecule has 2 aromatic rings. The van der Waals surface area contributed by atoms with E-state index in [0.717, 1.165) is 63.3 Å². The fourth-order valence-electron chi connectivity index (χ4n) is 4.57. The average Bonchev–Trinajstić information content (AvgIpc) is 3.50. The number of thiophene rings is 1. The number of nitrogens with zero attached hydrogens (tertiary/aromatic N) is 5. The maximum atomic E-state index is 13.0. The topological polar surface area (TPSA) is 82.8 Å². The molecule has 2 aliphatic heterocycles. The molecule has 0 atom stereocenters. The van der Waals surface area contributed by atoms with Crippen LogP contribution in [0.3, 0.4) is 0 Å². The van der Waals surface area contributed by atoms with Gasteiger partial charge in [0.2, 0.25) is 23.5 Å². The summed E-state index contributed by atoms with van der Waals surface area (Å²) in [5.74, 6) is 1.86. The van der Waals surface area contributed by atoms with E-state index in [1.807, 2.05) is 48.1 Å². The molecule has 2 aliphatic rings. The molecule has 0 radical (unpaired) electrons. The Balaban J connectivity index is 1.15. The Morgan fingerprint density at radius 1 is 1.09 bits per heavy atom. The zero-order valence-electron chi connectivity index (χ0n) is 20.0. The number of hydrogen-bond donors (Lipinski definition) is 0. The Morgan fingerprint density at radius 3 is 2.45 bits per heavy atom. The number of piperazine rings is 1. The van der Waals surface area contributed by atoms with Crippen LogP contribution in [0.25, 0.3) is 10.7 Å². The van der Waals surface area contributed by atoms with Crippen molar-refractivity contribution in [1.29, 1.82) is 0 Å². The first-order valence-corrected chi connectivity index (χ1v) is 12.9. The van der Waals surface area contributed by atoms with E-state index in [4.69, 9.17) is 4.52 Å². The van der Waals surface area contributed by atoms with Crippen LogP contribution in [0.1, 0.15) is 45.9 Å². The fraction of sp³-hybridized carbons (Fsp3) is 0.667. The maximum Gasteiger partial charge on any atom is 0.227 e. The number of hydrogen-bond acceptors (Lipinski definition) is 7. The van der Waals surface area contributed by atoms with Crippen molar-refractivity contribution in [3.8, 4) is 10.7 Å². The maximum absolute atomic E-state index is 13.0. The third kappa shape index (κ3) is 6.00. The van der Waals surface area contributed by atoms with Gasteiger partial charge in [0, 0.05) is 57.0 Å². The highest BCUT2D eigenvalue weighted by Crippen LogP contribution is 2.25. The van der Waals surface area contributed by atoms with E-state index < -0.39 is 0 Å². The minimum Gasteiger partial charge on any atom is -0.342 e. The highest BCUT2D eigenvalue weighted by atomic mass is 32.1. The Bertz CT molecular complexity index is 920. The Morgan fingerprint density at radius 2 is 1.82 bits per heavy atom. The molecule has 2 fully saturated rings. The van der Waals surface area contributed by atoms with Gasteiger partial charge in [-0.25, -0.2) is 0 Å². The summed E-state index contributed by atoms with van der Waals surface area (Å²) in [5.41, 5.74) is -0.358. The van der Waals surface area contributed by atoms with Crippen LogP contribution in [-0.2, 0) is 16.0 Å². The summed E-state index contributed by atoms with van der Waals surface area (Å²) >= 11 is 1.61. The van der Waals surface area contributed by atoms with Gasteiger partial charge in [-0.1, -0.05) is 32.0 Å². The van der Waals surface area contributed by atoms with Gasteiger partial charge in [0.05, 0.1) is 4.88 Å². The number of amides is 2. The molecule has 0 saturated carbocycles. The molecule has 0 aliphatic carbocycles. The van der Waals surface area contributed by atoms with Crippen molar-refractivity contribution in [2.45, 2.75) is 46.5 Å². The summed E-state index contributed by atoms with van der Waals surface area (Å²) in [5, 5.41) is 6.08. The largest absolute Gasteiger partial charge is 0.342 e. The second-order valence-corrected chi connectivity index (χ2v) is 11.0. The van der Waals surface area contributed by atoms with Crippen LogP contribution in [0.4, 0.5) is 0 Å². The molecular formula is C24H35N5O3S. The van der Waals surface area contributed by atoms with Gasteiger partial charge in [0.25, 0.3) is 0 Å². The quantitative estimate of drug-likeness (QED) is 0.641. The van der Waals surface area contributed by atoms with Gasteiger partial charge >= 0.3 is 0 Å². The van der Waals surface area contributed by atoms with Crippen LogP contribution >= 0.6 is 11.3 Å². The van der Waals surface area contributed by atoms with Crippen molar-refractivity contribution >= 4 is 23.2 Å². The van der Waals surface area contributed by atoms with E-state index in [9.17, 15) is 9.59 Å². The molecule has 2 aromatic heterocycles. The molecule has 33 heavy (non-hydrogen) atoms. The van der Waals surface area contributed by atoms with Crippen LogP contribution in [-0.4, -0.2) is 82.5 Å². The minimum atomic E-state index is -0.358. The molecule has 180 valence electrons. The van der Waals surface area contributed by atoms with Gasteiger partial charge in [-0.3, -0.25) is 14.5 Å². The van der Waals surface area contributed by atoms with E-state index in [-0.39, 0.29) is 23.1 Å². The molecule has 0 bridgehead atoms. The highest BCUT2D eigenvalue weighted by Gasteiger charge is 2.34. The van der Waals surface area contributed by atoms with Gasteiger partial charge in [0.1, 0.15) is 0 Å². The first-order chi connectivity index (χ1) is 15.8. The highest BCUT2D eigenvalue weighted by molar-refractivity contribution is 7.13. The van der Waals surface area contributed by atoms with Crippen molar-refractivity contribution in [1.82, 2.24) is 24.8 Å². The van der Waals surface area contributed by atoms with Crippen molar-refractivity contribution in [3.63, 3.8) is 0 Å². The second kappa shape index (κ2) is 10.3. The lowest BCUT2D eigenvalue weighted by atomic mass is 9.90. The normalized spacial score (nSPS) is 18.6. The molecular weight excluding hydrogens is 438 g/mol. The zero-order chi connectivity index (χ0) is 23.4. The van der Waals surface area contributed by atoms with E-state index in [1.165, 1.54) is 0 Å². The number of aryl methyl sites for hydroxylation is 1. The summed E-state index contributed by atoms with van der Waals surface area (Å²) < 4.78 is 5.38. The summed E-state index contributed by atoms with van der Waals surface area (Å²) in [6, 6.07) is 3.98. The Kier molecular flexibility index (Phi) is 7.48. The van der Waals surface area contributed by atoms with Gasteiger partial charge < -0.3 is 14.3 Å². The number of piperidine rings is 1. The van der Waals surface area contributed by atoms with Gasteiger partial charge in [0.15, 0.2) is 0 Å². The van der Waals surface area contributed by atoms with Crippen LogP contribution in [0.2, 0.25) is 0 Å². The molecule has 0 spiro atoms. The molecule has 0 aromatic carbocycles. The van der Waals surface area contributed by atoms with E-state index in [2.05, 4.69) is 15.0 Å². The predicted octanol–water partition coefficient (Wildman–Crippen LogP) is 3.16. The first kappa shape index (κ1) is 23.9. The Labute approximate surface area is 199 Å². The molecule has 9 heteroatoms. The van der Waals surface area contributed by atoms with E-state index >= 15 is 0 Å². The van der Waals surface area contributed by atoms with Crippen molar-refractivity contribution < 1.29 is 14.1 Å². The minimum absolute atomic E-state index is 0.0515. The summed E-state index contributed by atoms with van der Waals surface area (Å²) in [6.07, 6.45) is 3.28. The van der Waals surface area contributed by atoms with Gasteiger partial charge in [-0.2, -0.15) is 4.98 Å². The molecule has 2 saturated heterocycles. The number of carbonyl (C=O) groups is 2. The van der Waals surface area contributed by atoms with Crippen LogP contribution in [0.15, 0.2) is 22.0 Å².